The van der Waals surface area contributed by atoms with Crippen molar-refractivity contribution < 1.29 is 26.4 Å². The molecule has 220 valence electrons. The number of halogens is 1. The Morgan fingerprint density at radius 2 is 1.73 bits per heavy atom. The molecule has 0 radical (unpaired) electrons. The highest BCUT2D eigenvalue weighted by molar-refractivity contribution is 7.91. The molecule has 40 heavy (non-hydrogen) atoms. The van der Waals surface area contributed by atoms with Crippen molar-refractivity contribution >= 4 is 65.9 Å². The Morgan fingerprint density at radius 1 is 1.00 bits per heavy atom. The summed E-state index contributed by atoms with van der Waals surface area (Å²) in [5, 5.41) is -0.361. The van der Waals surface area contributed by atoms with Gasteiger partial charge < -0.3 is 9.80 Å². The van der Waals surface area contributed by atoms with Crippen LogP contribution in [-0.2, 0) is 29.4 Å². The smallest absolute Gasteiger partial charge is 0.250 e. The van der Waals surface area contributed by atoms with Gasteiger partial charge in [-0.15, -0.1) is 22.7 Å². The third kappa shape index (κ3) is 6.74. The van der Waals surface area contributed by atoms with Crippen LogP contribution in [-0.4, -0.2) is 106 Å². The average molecular weight is 649 g/mol. The first-order valence-corrected chi connectivity index (χ1v) is 18.7. The number of rotatable bonds is 9. The van der Waals surface area contributed by atoms with Crippen molar-refractivity contribution in [3.8, 4) is 9.75 Å². The molecule has 3 saturated heterocycles. The zero-order chi connectivity index (χ0) is 28.7. The van der Waals surface area contributed by atoms with E-state index in [2.05, 4.69) is 9.62 Å². The highest BCUT2D eigenvalue weighted by Crippen LogP contribution is 2.37. The Bertz CT molecular complexity index is 1470. The maximum atomic E-state index is 13.3. The summed E-state index contributed by atoms with van der Waals surface area (Å²) in [6, 6.07) is 5.90. The van der Waals surface area contributed by atoms with Crippen LogP contribution in [0.5, 0.6) is 0 Å². The van der Waals surface area contributed by atoms with Crippen molar-refractivity contribution in [1.29, 1.82) is 0 Å². The molecule has 5 rings (SSSR count). The molecule has 3 fully saturated rings. The van der Waals surface area contributed by atoms with Gasteiger partial charge in [0.15, 0.2) is 9.84 Å². The normalized spacial score (nSPS) is 24.8. The average Bonchev–Trinajstić information content (AvgIpc) is 3.68. The molecule has 1 unspecified atom stereocenters. The molecular formula is C25H33ClN4O6S4. The lowest BCUT2D eigenvalue weighted by atomic mass is 10.1. The van der Waals surface area contributed by atoms with Crippen molar-refractivity contribution in [3.05, 3.63) is 28.6 Å². The van der Waals surface area contributed by atoms with Crippen LogP contribution in [0.3, 0.4) is 0 Å². The van der Waals surface area contributed by atoms with E-state index in [1.807, 2.05) is 6.07 Å². The minimum Gasteiger partial charge on any atom is -0.337 e. The van der Waals surface area contributed by atoms with E-state index >= 15 is 0 Å². The van der Waals surface area contributed by atoms with Crippen molar-refractivity contribution in [2.45, 2.75) is 53.6 Å². The number of carbonyl (C=O) groups excluding carboxylic acids is 2. The Kier molecular flexibility index (Phi) is 8.96. The predicted molar refractivity (Wildman–Crippen MR) is 157 cm³/mol. The quantitative estimate of drug-likeness (QED) is 0.443. The predicted octanol–water partition coefficient (Wildman–Crippen LogP) is 2.51. The second-order valence-electron chi connectivity index (χ2n) is 10.7. The summed E-state index contributed by atoms with van der Waals surface area (Å²) in [5.74, 6) is -0.549. The second-order valence-corrected chi connectivity index (χ2v) is 17.7. The van der Waals surface area contributed by atoms with Gasteiger partial charge in [0.1, 0.15) is 10.3 Å². The molecule has 5 heterocycles. The second kappa shape index (κ2) is 12.0. The van der Waals surface area contributed by atoms with Gasteiger partial charge in [-0.25, -0.2) is 16.8 Å². The number of likely N-dealkylation sites (tertiary alicyclic amines) is 3. The highest BCUT2D eigenvalue weighted by atomic mass is 35.5. The van der Waals surface area contributed by atoms with E-state index in [0.717, 1.165) is 33.9 Å². The molecule has 0 aliphatic carbocycles. The molecule has 0 spiro atoms. The van der Waals surface area contributed by atoms with Gasteiger partial charge in [0, 0.05) is 48.2 Å². The summed E-state index contributed by atoms with van der Waals surface area (Å²) >= 11 is 8.49. The third-order valence-electron chi connectivity index (χ3n) is 7.82. The third-order valence-corrected chi connectivity index (χ3v) is 13.9. The van der Waals surface area contributed by atoms with Gasteiger partial charge in [-0.3, -0.25) is 14.5 Å². The van der Waals surface area contributed by atoms with Crippen molar-refractivity contribution in [1.82, 2.24) is 19.4 Å². The summed E-state index contributed by atoms with van der Waals surface area (Å²) < 4.78 is 53.4. The van der Waals surface area contributed by atoms with Gasteiger partial charge in [0.05, 0.1) is 16.1 Å². The van der Waals surface area contributed by atoms with Crippen LogP contribution in [0.25, 0.3) is 9.75 Å². The number of carbonyl (C=O) groups is 2. The number of hydrogen-bond donors (Lipinski definition) is 1. The molecule has 2 amide bonds. The molecular weight excluding hydrogens is 616 g/mol. The van der Waals surface area contributed by atoms with Crippen LogP contribution >= 0.6 is 34.3 Å². The number of thiophene rings is 2. The summed E-state index contributed by atoms with van der Waals surface area (Å²) in [4.78, 5) is 33.6. The van der Waals surface area contributed by atoms with Crippen LogP contribution in [0.4, 0.5) is 0 Å². The lowest BCUT2D eigenvalue weighted by Gasteiger charge is -2.34. The van der Waals surface area contributed by atoms with Crippen LogP contribution < -0.4 is 4.72 Å². The number of amides is 2. The number of nitrogens with zero attached hydrogens (tertiary/aromatic N) is 3. The lowest BCUT2D eigenvalue weighted by molar-refractivity contribution is -0.143. The molecule has 2 aromatic rings. The minimum atomic E-state index is -3.93. The van der Waals surface area contributed by atoms with E-state index in [4.69, 9.17) is 11.6 Å². The first-order valence-electron chi connectivity index (χ1n) is 13.3. The van der Waals surface area contributed by atoms with Crippen molar-refractivity contribution in [3.63, 3.8) is 0 Å². The molecule has 0 bridgehead atoms. The Morgan fingerprint density at radius 3 is 2.42 bits per heavy atom. The van der Waals surface area contributed by atoms with Crippen LogP contribution in [0.15, 0.2) is 28.5 Å². The number of sulfone groups is 1. The zero-order valence-corrected chi connectivity index (χ0v) is 26.1. The van der Waals surface area contributed by atoms with Gasteiger partial charge in [0.25, 0.3) is 10.0 Å². The Balaban J connectivity index is 1.18. The van der Waals surface area contributed by atoms with Crippen LogP contribution in [0.2, 0.25) is 4.34 Å². The SMILES string of the molecule is CS(=O)(=O)C1CCN(C[C@@H]2CCCN2C(=O)CN2CCC[C@H](NS(=O)(=O)c3ccc(-c4ccc(Cl)s4)s3)C2=O)C1. The number of hydrogen-bond acceptors (Lipinski definition) is 9. The molecule has 0 saturated carbocycles. The topological polar surface area (TPSA) is 124 Å². The van der Waals surface area contributed by atoms with Crippen molar-refractivity contribution in [2.24, 2.45) is 0 Å². The fourth-order valence-corrected chi connectivity index (χ4v) is 10.4. The van der Waals surface area contributed by atoms with Gasteiger partial charge in [-0.2, -0.15) is 4.72 Å². The molecule has 3 atom stereocenters. The first-order chi connectivity index (χ1) is 18.9. The van der Waals surface area contributed by atoms with E-state index in [0.29, 0.717) is 56.3 Å². The van der Waals surface area contributed by atoms with E-state index in [-0.39, 0.29) is 28.0 Å². The van der Waals surface area contributed by atoms with Gasteiger partial charge in [-0.05, 0) is 62.9 Å². The molecule has 0 aromatic carbocycles. The van der Waals surface area contributed by atoms with Crippen molar-refractivity contribution in [2.75, 3.05) is 45.5 Å². The molecule has 2 aromatic heterocycles. The summed E-state index contributed by atoms with van der Waals surface area (Å²) in [6.07, 6.45) is 4.52. The van der Waals surface area contributed by atoms with E-state index < -0.39 is 31.8 Å². The summed E-state index contributed by atoms with van der Waals surface area (Å²) in [6.45, 7) is 2.69. The van der Waals surface area contributed by atoms with E-state index in [1.165, 1.54) is 28.6 Å². The minimum absolute atomic E-state index is 0.0220. The first kappa shape index (κ1) is 29.9. The van der Waals surface area contributed by atoms with Crippen LogP contribution in [0, 0.1) is 0 Å². The maximum absolute atomic E-state index is 13.3. The molecule has 3 aliphatic heterocycles. The lowest BCUT2D eigenvalue weighted by Crippen LogP contribution is -2.55. The number of nitrogens with one attached hydrogen (secondary N) is 1. The molecule has 15 heteroatoms. The van der Waals surface area contributed by atoms with Gasteiger partial charge in [-0.1, -0.05) is 11.6 Å². The Labute approximate surface area is 248 Å². The van der Waals surface area contributed by atoms with Crippen LogP contribution in [0.1, 0.15) is 32.1 Å². The highest BCUT2D eigenvalue weighted by Gasteiger charge is 2.38. The van der Waals surface area contributed by atoms with Gasteiger partial charge in [0.2, 0.25) is 11.8 Å². The molecule has 1 N–H and O–H groups in total. The summed E-state index contributed by atoms with van der Waals surface area (Å²) in [7, 11) is -7.02. The van der Waals surface area contributed by atoms with E-state index in [1.54, 1.807) is 17.0 Å². The largest absolute Gasteiger partial charge is 0.337 e. The monoisotopic (exact) mass is 648 g/mol. The standard InChI is InChI=1S/C25H33ClN4O6S4/c1-39(33,34)18-10-13-28(15-18)14-17-4-2-12-30(17)23(31)16-29-11-3-5-19(25(29)32)27-40(35,36)24-9-7-21(38-24)20-6-8-22(26)37-20/h6-9,17-19,27H,2-5,10-16H2,1H3/t17-,18?,19-/m0/s1. The number of piperidine rings is 1. The number of sulfonamides is 1. The Hall–Kier alpha value is -1.55. The van der Waals surface area contributed by atoms with Gasteiger partial charge >= 0.3 is 0 Å². The summed E-state index contributed by atoms with van der Waals surface area (Å²) in [5.41, 5.74) is 0. The molecule has 3 aliphatic rings. The van der Waals surface area contributed by atoms with E-state index in [9.17, 15) is 26.4 Å². The fourth-order valence-electron chi connectivity index (χ4n) is 5.71. The fraction of sp³-hybridized carbons (Fsp3) is 0.600. The zero-order valence-electron chi connectivity index (χ0n) is 22.1. The maximum Gasteiger partial charge on any atom is 0.250 e. The molecule has 10 nitrogen and oxygen atoms in total.